The second kappa shape index (κ2) is 5.81. The van der Waals surface area contributed by atoms with Crippen LogP contribution < -0.4 is 10.2 Å². The van der Waals surface area contributed by atoms with Crippen molar-refractivity contribution >= 4 is 23.0 Å². The van der Waals surface area contributed by atoms with Crippen LogP contribution in [0, 0.1) is 0 Å². The van der Waals surface area contributed by atoms with Gasteiger partial charge in [-0.3, -0.25) is 0 Å². The highest BCUT2D eigenvalue weighted by molar-refractivity contribution is 6.34. The van der Waals surface area contributed by atoms with Crippen molar-refractivity contribution in [3.63, 3.8) is 0 Å². The van der Waals surface area contributed by atoms with E-state index in [4.69, 9.17) is 16.3 Å². The fourth-order valence-corrected chi connectivity index (χ4v) is 2.01. The lowest BCUT2D eigenvalue weighted by atomic mass is 10.00. The number of rotatable bonds is 5. The Morgan fingerprint density at radius 2 is 1.94 bits per heavy atom. The average Bonchev–Trinajstić information content (AvgIpc) is 2.28. The van der Waals surface area contributed by atoms with Crippen molar-refractivity contribution in [3.05, 3.63) is 23.2 Å². The van der Waals surface area contributed by atoms with Crippen LogP contribution in [0.3, 0.4) is 0 Å². The van der Waals surface area contributed by atoms with Crippen molar-refractivity contribution in [1.29, 1.82) is 0 Å². The number of anilines is 2. The molecule has 1 rings (SSSR count). The molecule has 0 spiro atoms. The Morgan fingerprint density at radius 1 is 1.33 bits per heavy atom. The van der Waals surface area contributed by atoms with Gasteiger partial charge in [0.05, 0.1) is 28.0 Å². The number of benzene rings is 1. The molecule has 102 valence electrons. The van der Waals surface area contributed by atoms with Crippen molar-refractivity contribution in [3.8, 4) is 0 Å². The summed E-state index contributed by atoms with van der Waals surface area (Å²) in [5, 5.41) is 4.22. The van der Waals surface area contributed by atoms with Crippen molar-refractivity contribution in [1.82, 2.24) is 0 Å². The van der Waals surface area contributed by atoms with E-state index < -0.39 is 0 Å². The molecule has 0 bridgehead atoms. The number of ether oxygens (including phenoxy) is 1. The number of hydrogen-bond donors (Lipinski definition) is 1. The lowest BCUT2D eigenvalue weighted by Crippen LogP contribution is -2.41. The van der Waals surface area contributed by atoms with Crippen molar-refractivity contribution in [2.75, 3.05) is 31.4 Å². The van der Waals surface area contributed by atoms with Crippen LogP contribution in [0.1, 0.15) is 20.8 Å². The van der Waals surface area contributed by atoms with Gasteiger partial charge in [-0.05, 0) is 32.9 Å². The Hall–Kier alpha value is -0.930. The summed E-state index contributed by atoms with van der Waals surface area (Å²) in [6.07, 6.45) is 0. The zero-order valence-corrected chi connectivity index (χ0v) is 12.8. The maximum absolute atomic E-state index is 6.24. The Kier molecular flexibility index (Phi) is 4.88. The summed E-state index contributed by atoms with van der Waals surface area (Å²) in [4.78, 5) is 2.01. The minimum atomic E-state index is -0.244. The SMILES string of the molecule is COC(C)(C)C(C)Nc1cccc(Cl)c1N(C)C. The average molecular weight is 271 g/mol. The smallest absolute Gasteiger partial charge is 0.0820 e. The molecule has 3 nitrogen and oxygen atoms in total. The van der Waals surface area contributed by atoms with Gasteiger partial charge in [-0.1, -0.05) is 17.7 Å². The van der Waals surface area contributed by atoms with Gasteiger partial charge in [0.1, 0.15) is 0 Å². The number of hydrogen-bond acceptors (Lipinski definition) is 3. The molecule has 1 N–H and O–H groups in total. The third-order valence-corrected chi connectivity index (χ3v) is 3.68. The largest absolute Gasteiger partial charge is 0.378 e. The van der Waals surface area contributed by atoms with Gasteiger partial charge in [-0.15, -0.1) is 0 Å². The lowest BCUT2D eigenvalue weighted by molar-refractivity contribution is 0.0107. The molecular formula is C14H23ClN2O. The van der Waals surface area contributed by atoms with Gasteiger partial charge in [-0.2, -0.15) is 0 Å². The lowest BCUT2D eigenvalue weighted by Gasteiger charge is -2.33. The van der Waals surface area contributed by atoms with E-state index in [-0.39, 0.29) is 11.6 Å². The van der Waals surface area contributed by atoms with E-state index in [1.165, 1.54) is 0 Å². The van der Waals surface area contributed by atoms with Crippen molar-refractivity contribution in [2.45, 2.75) is 32.4 Å². The first-order chi connectivity index (χ1) is 8.29. The Morgan fingerprint density at radius 3 is 2.44 bits per heavy atom. The van der Waals surface area contributed by atoms with E-state index in [9.17, 15) is 0 Å². The molecule has 1 unspecified atom stereocenters. The summed E-state index contributed by atoms with van der Waals surface area (Å²) in [6.45, 7) is 6.22. The molecule has 0 aliphatic rings. The molecule has 1 aromatic carbocycles. The topological polar surface area (TPSA) is 24.5 Å². The van der Waals surface area contributed by atoms with Gasteiger partial charge < -0.3 is 15.0 Å². The second-order valence-corrected chi connectivity index (χ2v) is 5.61. The summed E-state index contributed by atoms with van der Waals surface area (Å²) in [6, 6.07) is 6.04. The van der Waals surface area contributed by atoms with Crippen LogP contribution in [0.5, 0.6) is 0 Å². The van der Waals surface area contributed by atoms with E-state index in [1.54, 1.807) is 7.11 Å². The third kappa shape index (κ3) is 3.30. The van der Waals surface area contributed by atoms with Crippen LogP contribution >= 0.6 is 11.6 Å². The number of halogens is 1. The van der Waals surface area contributed by atoms with Gasteiger partial charge in [0.2, 0.25) is 0 Å². The first-order valence-corrected chi connectivity index (χ1v) is 6.45. The highest BCUT2D eigenvalue weighted by Crippen LogP contribution is 2.33. The van der Waals surface area contributed by atoms with Crippen LogP contribution in [0.2, 0.25) is 5.02 Å². The maximum Gasteiger partial charge on any atom is 0.0820 e. The molecule has 4 heteroatoms. The molecule has 0 aromatic heterocycles. The second-order valence-electron chi connectivity index (χ2n) is 5.20. The summed E-state index contributed by atoms with van der Waals surface area (Å²) in [7, 11) is 5.69. The monoisotopic (exact) mass is 270 g/mol. The molecule has 0 saturated heterocycles. The summed E-state index contributed by atoms with van der Waals surface area (Å²) < 4.78 is 5.49. The first kappa shape index (κ1) is 15.1. The van der Waals surface area contributed by atoms with Gasteiger partial charge in [0, 0.05) is 21.2 Å². The zero-order valence-electron chi connectivity index (χ0n) is 12.0. The minimum Gasteiger partial charge on any atom is -0.378 e. The molecular weight excluding hydrogens is 248 g/mol. The Labute approximate surface area is 115 Å². The normalized spacial score (nSPS) is 13.3. The minimum absolute atomic E-state index is 0.166. The third-order valence-electron chi connectivity index (χ3n) is 3.37. The molecule has 0 heterocycles. The van der Waals surface area contributed by atoms with Crippen LogP contribution in [0.25, 0.3) is 0 Å². The summed E-state index contributed by atoms with van der Waals surface area (Å²) >= 11 is 6.24. The quantitative estimate of drug-likeness (QED) is 0.884. The van der Waals surface area contributed by atoms with Crippen LogP contribution in [0.15, 0.2) is 18.2 Å². The fraction of sp³-hybridized carbons (Fsp3) is 0.571. The number of nitrogens with zero attached hydrogens (tertiary/aromatic N) is 1. The molecule has 0 aliphatic heterocycles. The first-order valence-electron chi connectivity index (χ1n) is 6.07. The van der Waals surface area contributed by atoms with Crippen molar-refractivity contribution < 1.29 is 4.74 Å². The van der Waals surface area contributed by atoms with Crippen LogP contribution in [-0.4, -0.2) is 32.8 Å². The molecule has 1 atom stereocenters. The molecule has 0 fully saturated rings. The van der Waals surface area contributed by atoms with E-state index in [0.717, 1.165) is 16.4 Å². The zero-order chi connectivity index (χ0) is 13.9. The Bertz CT molecular complexity index is 405. The predicted octanol–water partition coefficient (Wildman–Crippen LogP) is 3.63. The standard InChI is InChI=1S/C14H23ClN2O/c1-10(14(2,3)18-6)16-12-9-7-8-11(15)13(12)17(4)5/h7-10,16H,1-6H3. The van der Waals surface area contributed by atoms with Crippen LogP contribution in [0.4, 0.5) is 11.4 Å². The fourth-order valence-electron chi connectivity index (χ4n) is 1.67. The summed E-state index contributed by atoms with van der Waals surface area (Å²) in [5.41, 5.74) is 1.77. The van der Waals surface area contributed by atoms with E-state index in [1.807, 2.05) is 37.2 Å². The number of para-hydroxylation sites is 1. The van der Waals surface area contributed by atoms with Gasteiger partial charge >= 0.3 is 0 Å². The molecule has 0 amide bonds. The van der Waals surface area contributed by atoms with Gasteiger partial charge in [-0.25, -0.2) is 0 Å². The maximum atomic E-state index is 6.24. The molecule has 0 saturated carbocycles. The van der Waals surface area contributed by atoms with E-state index >= 15 is 0 Å². The van der Waals surface area contributed by atoms with E-state index in [2.05, 4.69) is 26.1 Å². The van der Waals surface area contributed by atoms with Gasteiger partial charge in [0.15, 0.2) is 0 Å². The predicted molar refractivity (Wildman–Crippen MR) is 80.0 cm³/mol. The van der Waals surface area contributed by atoms with E-state index in [0.29, 0.717) is 0 Å². The molecule has 0 radical (unpaired) electrons. The highest BCUT2D eigenvalue weighted by Gasteiger charge is 2.26. The molecule has 1 aromatic rings. The number of nitrogens with one attached hydrogen (secondary N) is 1. The van der Waals surface area contributed by atoms with Crippen molar-refractivity contribution in [2.24, 2.45) is 0 Å². The molecule has 0 aliphatic carbocycles. The van der Waals surface area contributed by atoms with Crippen LogP contribution in [-0.2, 0) is 4.74 Å². The number of methoxy groups -OCH3 is 1. The Balaban J connectivity index is 3.01. The highest BCUT2D eigenvalue weighted by atomic mass is 35.5. The molecule has 18 heavy (non-hydrogen) atoms. The van der Waals surface area contributed by atoms with Gasteiger partial charge in [0.25, 0.3) is 0 Å². The summed E-state index contributed by atoms with van der Waals surface area (Å²) in [5.74, 6) is 0.